The number of hydrogen-bond donors (Lipinski definition) is 1. The molecule has 0 aliphatic carbocycles. The topological polar surface area (TPSA) is 21.3 Å². The zero-order valence-electron chi connectivity index (χ0n) is 11.2. The van der Waals surface area contributed by atoms with Crippen molar-refractivity contribution in [2.24, 2.45) is 0 Å². The first-order valence-corrected chi connectivity index (χ1v) is 8.45. The molecule has 1 N–H and O–H groups in total. The second-order valence-corrected chi connectivity index (χ2v) is 6.72. The fraction of sp³-hybridized carbons (Fsp3) is 1.00. The summed E-state index contributed by atoms with van der Waals surface area (Å²) < 4.78 is 6.11. The van der Waals surface area contributed by atoms with Crippen LogP contribution in [0.25, 0.3) is 0 Å². The highest BCUT2D eigenvalue weighted by Gasteiger charge is 2.38. The fourth-order valence-corrected chi connectivity index (χ4v) is 4.21. The average molecular weight is 257 g/mol. The monoisotopic (exact) mass is 257 g/mol. The highest BCUT2D eigenvalue weighted by atomic mass is 32.2. The molecular formula is C14H27NOS. The molecule has 1 unspecified atom stereocenters. The van der Waals surface area contributed by atoms with Gasteiger partial charge in [0.1, 0.15) is 0 Å². The lowest BCUT2D eigenvalue weighted by Gasteiger charge is -2.43. The molecular weight excluding hydrogens is 230 g/mol. The molecule has 2 nitrogen and oxygen atoms in total. The van der Waals surface area contributed by atoms with Crippen molar-refractivity contribution in [2.75, 3.05) is 24.7 Å². The van der Waals surface area contributed by atoms with Crippen LogP contribution >= 0.6 is 11.8 Å². The van der Waals surface area contributed by atoms with Gasteiger partial charge >= 0.3 is 0 Å². The highest BCUT2D eigenvalue weighted by molar-refractivity contribution is 7.99. The number of nitrogens with one attached hydrogen (secondary N) is 1. The smallest absolute Gasteiger partial charge is 0.0713 e. The fourth-order valence-electron chi connectivity index (χ4n) is 2.98. The van der Waals surface area contributed by atoms with E-state index in [1.165, 1.54) is 63.0 Å². The number of ether oxygens (including phenoxy) is 1. The molecule has 2 heterocycles. The van der Waals surface area contributed by atoms with Gasteiger partial charge in [-0.2, -0.15) is 11.8 Å². The summed E-state index contributed by atoms with van der Waals surface area (Å²) in [6.45, 7) is 4.43. The largest absolute Gasteiger partial charge is 0.375 e. The SMILES string of the molecule is CCCCCNC1CCOC2(CCSCC2)C1. The molecule has 0 aromatic heterocycles. The minimum atomic E-state index is 0.242. The van der Waals surface area contributed by atoms with Crippen LogP contribution in [-0.2, 0) is 4.74 Å². The highest BCUT2D eigenvalue weighted by Crippen LogP contribution is 2.37. The van der Waals surface area contributed by atoms with Crippen LogP contribution in [0, 0.1) is 0 Å². The zero-order chi connectivity index (χ0) is 12.0. The van der Waals surface area contributed by atoms with E-state index in [0.717, 1.165) is 6.61 Å². The molecule has 2 aliphatic heterocycles. The zero-order valence-corrected chi connectivity index (χ0v) is 12.0. The Morgan fingerprint density at radius 3 is 2.88 bits per heavy atom. The van der Waals surface area contributed by atoms with Crippen molar-refractivity contribution in [3.63, 3.8) is 0 Å². The van der Waals surface area contributed by atoms with Gasteiger partial charge < -0.3 is 10.1 Å². The summed E-state index contributed by atoms with van der Waals surface area (Å²) in [4.78, 5) is 0. The van der Waals surface area contributed by atoms with E-state index in [9.17, 15) is 0 Å². The lowest BCUT2D eigenvalue weighted by atomic mass is 9.85. The molecule has 3 heteroatoms. The second-order valence-electron chi connectivity index (χ2n) is 5.49. The van der Waals surface area contributed by atoms with E-state index in [1.54, 1.807) is 0 Å². The molecule has 0 saturated carbocycles. The van der Waals surface area contributed by atoms with Crippen molar-refractivity contribution < 1.29 is 4.74 Å². The van der Waals surface area contributed by atoms with Crippen molar-refractivity contribution in [3.05, 3.63) is 0 Å². The van der Waals surface area contributed by atoms with Crippen LogP contribution < -0.4 is 5.32 Å². The van der Waals surface area contributed by atoms with Crippen LogP contribution in [-0.4, -0.2) is 36.3 Å². The molecule has 1 atom stereocenters. The normalized spacial score (nSPS) is 28.4. The lowest BCUT2D eigenvalue weighted by Crippen LogP contribution is -2.49. The number of thioether (sulfide) groups is 1. The van der Waals surface area contributed by atoms with Crippen LogP contribution in [0.15, 0.2) is 0 Å². The Balaban J connectivity index is 1.72. The van der Waals surface area contributed by atoms with Crippen LogP contribution in [0.2, 0.25) is 0 Å². The van der Waals surface area contributed by atoms with Crippen molar-refractivity contribution in [3.8, 4) is 0 Å². The van der Waals surface area contributed by atoms with Gasteiger partial charge in [-0.25, -0.2) is 0 Å². The third-order valence-corrected chi connectivity index (χ3v) is 5.10. The minimum Gasteiger partial charge on any atom is -0.375 e. The van der Waals surface area contributed by atoms with Gasteiger partial charge in [0.05, 0.1) is 5.60 Å². The van der Waals surface area contributed by atoms with E-state index in [1.807, 2.05) is 0 Å². The van der Waals surface area contributed by atoms with Gasteiger partial charge in [-0.15, -0.1) is 0 Å². The van der Waals surface area contributed by atoms with Crippen molar-refractivity contribution in [1.82, 2.24) is 5.32 Å². The Kier molecular flexibility index (Phi) is 5.64. The quantitative estimate of drug-likeness (QED) is 0.764. The molecule has 2 saturated heterocycles. The summed E-state index contributed by atoms with van der Waals surface area (Å²) in [5.74, 6) is 2.59. The first-order chi connectivity index (χ1) is 8.35. The molecule has 0 bridgehead atoms. The first-order valence-electron chi connectivity index (χ1n) is 7.30. The molecule has 2 fully saturated rings. The summed E-state index contributed by atoms with van der Waals surface area (Å²) >= 11 is 2.09. The van der Waals surface area contributed by atoms with Gasteiger partial charge in [-0.1, -0.05) is 19.8 Å². The summed E-state index contributed by atoms with van der Waals surface area (Å²) in [5, 5.41) is 3.74. The van der Waals surface area contributed by atoms with Crippen LogP contribution in [0.3, 0.4) is 0 Å². The minimum absolute atomic E-state index is 0.242. The molecule has 0 aromatic carbocycles. The van der Waals surface area contributed by atoms with Crippen LogP contribution in [0.1, 0.15) is 51.9 Å². The van der Waals surface area contributed by atoms with Crippen molar-refractivity contribution >= 4 is 11.8 Å². The summed E-state index contributed by atoms with van der Waals surface area (Å²) in [7, 11) is 0. The standard InChI is InChI=1S/C14H27NOS/c1-2-3-4-8-15-13-5-9-16-14(12-13)6-10-17-11-7-14/h13,15H,2-12H2,1H3. The van der Waals surface area contributed by atoms with E-state index in [0.29, 0.717) is 6.04 Å². The molecule has 2 rings (SSSR count). The Labute approximate surface area is 110 Å². The van der Waals surface area contributed by atoms with Gasteiger partial charge in [0.25, 0.3) is 0 Å². The van der Waals surface area contributed by atoms with Crippen LogP contribution in [0.4, 0.5) is 0 Å². The predicted octanol–water partition coefficient (Wildman–Crippen LogP) is 3.21. The van der Waals surface area contributed by atoms with Crippen molar-refractivity contribution in [1.29, 1.82) is 0 Å². The first kappa shape index (κ1) is 13.7. The van der Waals surface area contributed by atoms with Gasteiger partial charge in [-0.3, -0.25) is 0 Å². The van der Waals surface area contributed by atoms with E-state index >= 15 is 0 Å². The second kappa shape index (κ2) is 7.01. The third kappa shape index (κ3) is 4.15. The van der Waals surface area contributed by atoms with E-state index in [4.69, 9.17) is 4.74 Å². The van der Waals surface area contributed by atoms with Crippen molar-refractivity contribution in [2.45, 2.75) is 63.5 Å². The van der Waals surface area contributed by atoms with E-state index < -0.39 is 0 Å². The molecule has 2 aliphatic rings. The number of rotatable bonds is 5. The van der Waals surface area contributed by atoms with Crippen LogP contribution in [0.5, 0.6) is 0 Å². The Bertz CT molecular complexity index is 211. The lowest BCUT2D eigenvalue weighted by molar-refractivity contribution is -0.0930. The Morgan fingerprint density at radius 1 is 1.29 bits per heavy atom. The number of unbranched alkanes of at least 4 members (excludes halogenated alkanes) is 2. The van der Waals surface area contributed by atoms with E-state index in [-0.39, 0.29) is 5.60 Å². The van der Waals surface area contributed by atoms with Gasteiger partial charge in [0, 0.05) is 12.6 Å². The summed E-state index contributed by atoms with van der Waals surface area (Å²) in [6, 6.07) is 0.712. The van der Waals surface area contributed by atoms with Gasteiger partial charge in [0.15, 0.2) is 0 Å². The predicted molar refractivity (Wildman–Crippen MR) is 75.8 cm³/mol. The maximum Gasteiger partial charge on any atom is 0.0713 e. The molecule has 0 amide bonds. The Morgan fingerprint density at radius 2 is 2.12 bits per heavy atom. The third-order valence-electron chi connectivity index (χ3n) is 4.11. The van der Waals surface area contributed by atoms with E-state index in [2.05, 4.69) is 24.0 Å². The summed E-state index contributed by atoms with van der Waals surface area (Å²) in [6.07, 6.45) is 9.00. The molecule has 100 valence electrons. The summed E-state index contributed by atoms with van der Waals surface area (Å²) in [5.41, 5.74) is 0.242. The maximum atomic E-state index is 6.11. The maximum absolute atomic E-state index is 6.11. The Hall–Kier alpha value is 0.270. The van der Waals surface area contributed by atoms with Gasteiger partial charge in [-0.05, 0) is 50.2 Å². The molecule has 0 radical (unpaired) electrons. The molecule has 1 spiro atoms. The molecule has 17 heavy (non-hydrogen) atoms. The number of hydrogen-bond acceptors (Lipinski definition) is 3. The molecule has 0 aromatic rings. The average Bonchev–Trinajstić information content (AvgIpc) is 2.36. The van der Waals surface area contributed by atoms with Gasteiger partial charge in [0.2, 0.25) is 0 Å².